The van der Waals surface area contributed by atoms with Gasteiger partial charge < -0.3 is 9.47 Å². The maximum atomic E-state index is 13.3. The summed E-state index contributed by atoms with van der Waals surface area (Å²) in [6.07, 6.45) is 0.455. The Kier molecular flexibility index (Phi) is 6.91. The maximum Gasteiger partial charge on any atom is 0.194 e. The van der Waals surface area contributed by atoms with Crippen molar-refractivity contribution < 1.29 is 19.1 Å². The van der Waals surface area contributed by atoms with Gasteiger partial charge in [0.05, 0.1) is 11.7 Å². The minimum Gasteiger partial charge on any atom is -0.379 e. The standard InChI is InChI=1S/C24H30O4/c1-17(16-23(2,3)27-6)28-24(4,5)22(26)20-15-11-10-14-19(20)21(25)18-12-8-7-9-13-18/h7-15,17H,16H2,1-6H3. The van der Waals surface area contributed by atoms with Gasteiger partial charge in [-0.1, -0.05) is 54.6 Å². The average molecular weight is 383 g/mol. The zero-order valence-corrected chi connectivity index (χ0v) is 17.6. The highest BCUT2D eigenvalue weighted by Gasteiger charge is 2.35. The summed E-state index contributed by atoms with van der Waals surface area (Å²) in [6.45, 7) is 9.38. The SMILES string of the molecule is COC(C)(C)CC(C)OC(C)(C)C(=O)c1ccccc1C(=O)c1ccccc1. The summed E-state index contributed by atoms with van der Waals surface area (Å²) in [5.74, 6) is -0.386. The molecule has 0 aromatic heterocycles. The second-order valence-electron chi connectivity index (χ2n) is 8.18. The number of rotatable bonds is 9. The smallest absolute Gasteiger partial charge is 0.194 e. The van der Waals surface area contributed by atoms with Gasteiger partial charge >= 0.3 is 0 Å². The van der Waals surface area contributed by atoms with Crippen LogP contribution in [0.5, 0.6) is 0 Å². The van der Waals surface area contributed by atoms with E-state index in [2.05, 4.69) is 0 Å². The number of methoxy groups -OCH3 is 1. The van der Waals surface area contributed by atoms with E-state index >= 15 is 0 Å². The summed E-state index contributed by atoms with van der Waals surface area (Å²) in [4.78, 5) is 26.2. The van der Waals surface area contributed by atoms with Gasteiger partial charge in [-0.15, -0.1) is 0 Å². The Bertz CT molecular complexity index is 822. The van der Waals surface area contributed by atoms with Crippen molar-refractivity contribution in [3.63, 3.8) is 0 Å². The summed E-state index contributed by atoms with van der Waals surface area (Å²) in [7, 11) is 1.66. The van der Waals surface area contributed by atoms with Crippen LogP contribution >= 0.6 is 0 Å². The zero-order valence-electron chi connectivity index (χ0n) is 17.6. The molecular formula is C24H30O4. The third kappa shape index (κ3) is 5.37. The Morgan fingerprint density at radius 3 is 2.00 bits per heavy atom. The molecule has 4 heteroatoms. The van der Waals surface area contributed by atoms with Crippen LogP contribution in [0.3, 0.4) is 0 Å². The lowest BCUT2D eigenvalue weighted by molar-refractivity contribution is -0.0832. The summed E-state index contributed by atoms with van der Waals surface area (Å²) < 4.78 is 11.5. The Labute approximate surface area is 167 Å². The molecule has 0 aliphatic rings. The van der Waals surface area contributed by atoms with Crippen LogP contribution in [0.1, 0.15) is 67.3 Å². The molecule has 0 fully saturated rings. The summed E-state index contributed by atoms with van der Waals surface area (Å²) >= 11 is 0. The van der Waals surface area contributed by atoms with Crippen molar-refractivity contribution in [2.24, 2.45) is 0 Å². The molecular weight excluding hydrogens is 352 g/mol. The quantitative estimate of drug-likeness (QED) is 0.566. The lowest BCUT2D eigenvalue weighted by atomic mass is 9.89. The molecule has 0 N–H and O–H groups in total. The molecule has 150 valence electrons. The first kappa shape index (κ1) is 22.0. The van der Waals surface area contributed by atoms with Crippen LogP contribution in [0.15, 0.2) is 54.6 Å². The molecule has 0 amide bonds. The molecule has 2 rings (SSSR count). The third-order valence-corrected chi connectivity index (χ3v) is 4.83. The monoisotopic (exact) mass is 382 g/mol. The summed E-state index contributed by atoms with van der Waals surface area (Å²) in [5, 5.41) is 0. The molecule has 0 heterocycles. The molecule has 0 aliphatic heterocycles. The number of ketones is 2. The highest BCUT2D eigenvalue weighted by Crippen LogP contribution is 2.26. The van der Waals surface area contributed by atoms with Gasteiger partial charge in [0.15, 0.2) is 11.6 Å². The van der Waals surface area contributed by atoms with Gasteiger partial charge in [-0.05, 0) is 34.6 Å². The number of Topliss-reactive ketones (excluding diaryl/α,β-unsaturated/α-hetero) is 1. The van der Waals surface area contributed by atoms with E-state index in [9.17, 15) is 9.59 Å². The molecule has 0 saturated carbocycles. The highest BCUT2D eigenvalue weighted by atomic mass is 16.5. The van der Waals surface area contributed by atoms with E-state index < -0.39 is 5.60 Å². The van der Waals surface area contributed by atoms with Gasteiger partial charge in [0.2, 0.25) is 0 Å². The van der Waals surface area contributed by atoms with E-state index in [0.717, 1.165) is 0 Å². The largest absolute Gasteiger partial charge is 0.379 e. The fraction of sp³-hybridized carbons (Fsp3) is 0.417. The average Bonchev–Trinajstić information content (AvgIpc) is 2.66. The second-order valence-corrected chi connectivity index (χ2v) is 8.18. The van der Waals surface area contributed by atoms with Crippen molar-refractivity contribution in [3.05, 3.63) is 71.3 Å². The fourth-order valence-corrected chi connectivity index (χ4v) is 3.32. The van der Waals surface area contributed by atoms with Crippen LogP contribution in [-0.2, 0) is 9.47 Å². The Morgan fingerprint density at radius 1 is 0.893 bits per heavy atom. The number of carbonyl (C=O) groups excluding carboxylic acids is 2. The molecule has 0 saturated heterocycles. The van der Waals surface area contributed by atoms with Crippen molar-refractivity contribution in [1.29, 1.82) is 0 Å². The molecule has 0 spiro atoms. The minimum absolute atomic E-state index is 0.172. The van der Waals surface area contributed by atoms with Gasteiger partial charge in [0.1, 0.15) is 5.60 Å². The molecule has 1 atom stereocenters. The molecule has 0 bridgehead atoms. The van der Waals surface area contributed by atoms with Crippen molar-refractivity contribution >= 4 is 11.6 Å². The van der Waals surface area contributed by atoms with E-state index in [0.29, 0.717) is 23.1 Å². The second kappa shape index (κ2) is 8.80. The van der Waals surface area contributed by atoms with Crippen molar-refractivity contribution in [2.45, 2.75) is 58.3 Å². The third-order valence-electron chi connectivity index (χ3n) is 4.83. The van der Waals surface area contributed by atoms with Gasteiger partial charge in [0, 0.05) is 30.2 Å². The van der Waals surface area contributed by atoms with Crippen molar-refractivity contribution in [3.8, 4) is 0 Å². The molecule has 0 radical (unpaired) electrons. The molecule has 1 unspecified atom stereocenters. The predicted octanol–water partition coefficient (Wildman–Crippen LogP) is 5.10. The van der Waals surface area contributed by atoms with Gasteiger partial charge in [0.25, 0.3) is 0 Å². The summed E-state index contributed by atoms with van der Waals surface area (Å²) in [6, 6.07) is 15.9. The van der Waals surface area contributed by atoms with Crippen LogP contribution in [0.4, 0.5) is 0 Å². The number of hydrogen-bond donors (Lipinski definition) is 0. The normalized spacial score (nSPS) is 13.2. The molecule has 0 aliphatic carbocycles. The Balaban J connectivity index is 2.27. The first-order valence-corrected chi connectivity index (χ1v) is 9.54. The predicted molar refractivity (Wildman–Crippen MR) is 111 cm³/mol. The van der Waals surface area contributed by atoms with Gasteiger partial charge in [-0.3, -0.25) is 9.59 Å². The summed E-state index contributed by atoms with van der Waals surface area (Å²) in [5.41, 5.74) is -0.104. The molecule has 2 aromatic carbocycles. The van der Waals surface area contributed by atoms with E-state index in [1.54, 1.807) is 57.4 Å². The number of ether oxygens (including phenoxy) is 2. The molecule has 2 aromatic rings. The van der Waals surface area contributed by atoms with Crippen LogP contribution in [0.25, 0.3) is 0 Å². The van der Waals surface area contributed by atoms with E-state index in [4.69, 9.17) is 9.47 Å². The molecule has 4 nitrogen and oxygen atoms in total. The Morgan fingerprint density at radius 2 is 1.43 bits per heavy atom. The maximum absolute atomic E-state index is 13.3. The highest BCUT2D eigenvalue weighted by molar-refractivity contribution is 6.17. The number of carbonyl (C=O) groups is 2. The first-order valence-electron chi connectivity index (χ1n) is 9.54. The van der Waals surface area contributed by atoms with Gasteiger partial charge in [-0.2, -0.15) is 0 Å². The minimum atomic E-state index is -1.07. The van der Waals surface area contributed by atoms with Crippen LogP contribution < -0.4 is 0 Å². The topological polar surface area (TPSA) is 52.6 Å². The number of benzene rings is 2. The van der Waals surface area contributed by atoms with Crippen LogP contribution in [-0.4, -0.2) is 36.0 Å². The van der Waals surface area contributed by atoms with Crippen molar-refractivity contribution in [1.82, 2.24) is 0 Å². The van der Waals surface area contributed by atoms with Crippen LogP contribution in [0, 0.1) is 0 Å². The van der Waals surface area contributed by atoms with E-state index in [-0.39, 0.29) is 23.3 Å². The first-order chi connectivity index (χ1) is 13.1. The number of hydrogen-bond acceptors (Lipinski definition) is 4. The lowest BCUT2D eigenvalue weighted by Gasteiger charge is -2.32. The van der Waals surface area contributed by atoms with Gasteiger partial charge in [-0.25, -0.2) is 0 Å². The fourth-order valence-electron chi connectivity index (χ4n) is 3.32. The molecule has 28 heavy (non-hydrogen) atoms. The lowest BCUT2D eigenvalue weighted by Crippen LogP contribution is -2.41. The van der Waals surface area contributed by atoms with E-state index in [1.807, 2.05) is 39.0 Å². The van der Waals surface area contributed by atoms with E-state index in [1.165, 1.54) is 0 Å². The Hall–Kier alpha value is -2.30. The van der Waals surface area contributed by atoms with Crippen LogP contribution in [0.2, 0.25) is 0 Å². The van der Waals surface area contributed by atoms with Crippen molar-refractivity contribution in [2.75, 3.05) is 7.11 Å². The zero-order chi connectivity index (χ0) is 20.9.